The van der Waals surface area contributed by atoms with Crippen LogP contribution in [0.2, 0.25) is 5.02 Å². The number of amides is 1. The zero-order chi connectivity index (χ0) is 14.3. The van der Waals surface area contributed by atoms with Crippen molar-refractivity contribution < 1.29 is 4.79 Å². The highest BCUT2D eigenvalue weighted by Gasteiger charge is 2.21. The van der Waals surface area contributed by atoms with Crippen LogP contribution in [0.1, 0.15) is 34.8 Å². The van der Waals surface area contributed by atoms with Gasteiger partial charge in [0, 0.05) is 11.4 Å². The minimum atomic E-state index is -0.0851. The van der Waals surface area contributed by atoms with Crippen LogP contribution in [-0.4, -0.2) is 16.9 Å². The van der Waals surface area contributed by atoms with Crippen molar-refractivity contribution in [1.82, 2.24) is 10.3 Å². The lowest BCUT2D eigenvalue weighted by atomic mass is 10.1. The standard InChI is InChI=1S/C13H14BrClN2OS/c1-5(2)16-12(18)11-9(14)8-6(3)10(15)7(4)17-13(8)19-11/h5H,1-4H3,(H,16,18). The molecule has 0 atom stereocenters. The number of nitrogens with zero attached hydrogens (tertiary/aromatic N) is 1. The Bertz CT molecular complexity index is 666. The second-order valence-corrected chi connectivity index (χ2v) is 6.86. The highest BCUT2D eigenvalue weighted by Crippen LogP contribution is 2.39. The van der Waals surface area contributed by atoms with E-state index in [0.29, 0.717) is 9.90 Å². The average molecular weight is 362 g/mol. The van der Waals surface area contributed by atoms with Gasteiger partial charge in [-0.25, -0.2) is 4.98 Å². The van der Waals surface area contributed by atoms with Gasteiger partial charge in [-0.3, -0.25) is 4.79 Å². The van der Waals surface area contributed by atoms with Crippen LogP contribution in [0.5, 0.6) is 0 Å². The highest BCUT2D eigenvalue weighted by atomic mass is 79.9. The van der Waals surface area contributed by atoms with Crippen LogP contribution in [0, 0.1) is 13.8 Å². The fourth-order valence-electron chi connectivity index (χ4n) is 1.86. The second kappa shape index (κ2) is 5.38. The van der Waals surface area contributed by atoms with E-state index >= 15 is 0 Å². The van der Waals surface area contributed by atoms with E-state index in [4.69, 9.17) is 11.6 Å². The molecule has 3 nitrogen and oxygen atoms in total. The molecule has 0 unspecified atom stereocenters. The van der Waals surface area contributed by atoms with Gasteiger partial charge in [-0.2, -0.15) is 0 Å². The fraction of sp³-hybridized carbons (Fsp3) is 0.385. The van der Waals surface area contributed by atoms with E-state index in [2.05, 4.69) is 26.2 Å². The fourth-order valence-corrected chi connectivity index (χ4v) is 4.11. The van der Waals surface area contributed by atoms with Crippen LogP contribution < -0.4 is 5.32 Å². The lowest BCUT2D eigenvalue weighted by Gasteiger charge is -2.06. The maximum atomic E-state index is 12.1. The number of carbonyl (C=O) groups excluding carboxylic acids is 1. The quantitative estimate of drug-likeness (QED) is 0.857. The summed E-state index contributed by atoms with van der Waals surface area (Å²) in [5.74, 6) is -0.0851. The summed E-state index contributed by atoms with van der Waals surface area (Å²) < 4.78 is 0.776. The molecule has 1 amide bonds. The molecule has 2 aromatic rings. The summed E-state index contributed by atoms with van der Waals surface area (Å²) >= 11 is 11.1. The number of nitrogens with one attached hydrogen (secondary N) is 1. The Morgan fingerprint density at radius 3 is 2.63 bits per heavy atom. The molecule has 2 heterocycles. The zero-order valence-corrected chi connectivity index (χ0v) is 14.3. The molecule has 0 aromatic carbocycles. The molecule has 0 spiro atoms. The number of hydrogen-bond donors (Lipinski definition) is 1. The van der Waals surface area contributed by atoms with E-state index in [1.165, 1.54) is 11.3 Å². The molecule has 0 aliphatic carbocycles. The molecule has 0 fully saturated rings. The smallest absolute Gasteiger partial charge is 0.262 e. The van der Waals surface area contributed by atoms with Gasteiger partial charge in [0.15, 0.2) is 0 Å². The van der Waals surface area contributed by atoms with Crippen molar-refractivity contribution in [2.75, 3.05) is 0 Å². The molecule has 2 rings (SSSR count). The van der Waals surface area contributed by atoms with Crippen molar-refractivity contribution in [2.24, 2.45) is 0 Å². The third-order valence-electron chi connectivity index (χ3n) is 2.75. The Morgan fingerprint density at radius 2 is 2.05 bits per heavy atom. The number of rotatable bonds is 2. The predicted molar refractivity (Wildman–Crippen MR) is 84.4 cm³/mol. The molecule has 19 heavy (non-hydrogen) atoms. The van der Waals surface area contributed by atoms with Gasteiger partial charge in [0.05, 0.1) is 15.2 Å². The number of thiophene rings is 1. The molecular weight excluding hydrogens is 348 g/mol. The van der Waals surface area contributed by atoms with Crippen LogP contribution in [0.25, 0.3) is 10.2 Å². The van der Waals surface area contributed by atoms with E-state index in [1.807, 2.05) is 27.7 Å². The largest absolute Gasteiger partial charge is 0.349 e. The normalized spacial score (nSPS) is 11.3. The lowest BCUT2D eigenvalue weighted by Crippen LogP contribution is -2.29. The van der Waals surface area contributed by atoms with E-state index < -0.39 is 0 Å². The summed E-state index contributed by atoms with van der Waals surface area (Å²) in [6.45, 7) is 7.69. The number of aromatic nitrogens is 1. The predicted octanol–water partition coefficient (Wildman–Crippen LogP) is 4.47. The maximum Gasteiger partial charge on any atom is 0.262 e. The first-order chi connectivity index (χ1) is 8.82. The molecule has 102 valence electrons. The van der Waals surface area contributed by atoms with E-state index in [1.54, 1.807) is 0 Å². The van der Waals surface area contributed by atoms with Crippen molar-refractivity contribution >= 4 is 55.0 Å². The minimum absolute atomic E-state index is 0.0851. The summed E-state index contributed by atoms with van der Waals surface area (Å²) in [6, 6.07) is 0.101. The Balaban J connectivity index is 2.64. The van der Waals surface area contributed by atoms with E-state index in [-0.39, 0.29) is 11.9 Å². The highest BCUT2D eigenvalue weighted by molar-refractivity contribution is 9.10. The third-order valence-corrected chi connectivity index (χ3v) is 5.44. The van der Waals surface area contributed by atoms with Gasteiger partial charge in [-0.05, 0) is 49.2 Å². The van der Waals surface area contributed by atoms with E-state index in [9.17, 15) is 4.79 Å². The number of fused-ring (bicyclic) bond motifs is 1. The van der Waals surface area contributed by atoms with Crippen molar-refractivity contribution in [3.8, 4) is 0 Å². The number of pyridine rings is 1. The molecule has 2 aromatic heterocycles. The first-order valence-corrected chi connectivity index (χ1v) is 7.87. The van der Waals surface area contributed by atoms with Crippen molar-refractivity contribution in [3.63, 3.8) is 0 Å². The third kappa shape index (κ3) is 2.64. The lowest BCUT2D eigenvalue weighted by molar-refractivity contribution is 0.0946. The molecule has 0 aliphatic rings. The molecule has 0 aliphatic heterocycles. The maximum absolute atomic E-state index is 12.1. The van der Waals surface area contributed by atoms with Crippen molar-refractivity contribution in [3.05, 3.63) is 25.6 Å². The second-order valence-electron chi connectivity index (χ2n) is 4.69. The molecule has 0 saturated heterocycles. The summed E-state index contributed by atoms with van der Waals surface area (Å²) in [5, 5.41) is 4.47. The number of hydrogen-bond acceptors (Lipinski definition) is 3. The Labute approximate surface area is 129 Å². The average Bonchev–Trinajstić information content (AvgIpc) is 2.63. The summed E-state index contributed by atoms with van der Waals surface area (Å²) in [4.78, 5) is 18.1. The monoisotopic (exact) mass is 360 g/mol. The molecule has 1 N–H and O–H groups in total. The van der Waals surface area contributed by atoms with Gasteiger partial charge in [0.1, 0.15) is 9.71 Å². The number of halogens is 2. The number of carbonyl (C=O) groups is 1. The van der Waals surface area contributed by atoms with E-state index in [0.717, 1.165) is 25.9 Å². The molecule has 6 heteroatoms. The first kappa shape index (κ1) is 14.8. The Morgan fingerprint density at radius 1 is 1.42 bits per heavy atom. The molecule has 0 saturated carbocycles. The molecule has 0 bridgehead atoms. The van der Waals surface area contributed by atoms with Gasteiger partial charge in [0.2, 0.25) is 0 Å². The van der Waals surface area contributed by atoms with Crippen LogP contribution >= 0.6 is 38.9 Å². The summed E-state index contributed by atoms with van der Waals surface area (Å²) in [7, 11) is 0. The topological polar surface area (TPSA) is 42.0 Å². The number of aryl methyl sites for hydroxylation is 2. The van der Waals surface area contributed by atoms with Gasteiger partial charge in [-0.1, -0.05) is 11.6 Å². The van der Waals surface area contributed by atoms with Crippen molar-refractivity contribution in [2.45, 2.75) is 33.7 Å². The van der Waals surface area contributed by atoms with Crippen molar-refractivity contribution in [1.29, 1.82) is 0 Å². The SMILES string of the molecule is Cc1nc2sc(C(=O)NC(C)C)c(Br)c2c(C)c1Cl. The summed E-state index contributed by atoms with van der Waals surface area (Å²) in [6.07, 6.45) is 0. The zero-order valence-electron chi connectivity index (χ0n) is 11.1. The van der Waals surface area contributed by atoms with Gasteiger partial charge < -0.3 is 5.32 Å². The first-order valence-electron chi connectivity index (χ1n) is 5.88. The minimum Gasteiger partial charge on any atom is -0.349 e. The molecular formula is C13H14BrClN2OS. The van der Waals surface area contributed by atoms with Gasteiger partial charge >= 0.3 is 0 Å². The Hall–Kier alpha value is -0.650. The van der Waals surface area contributed by atoms with Crippen LogP contribution in [0.4, 0.5) is 0 Å². The van der Waals surface area contributed by atoms with Crippen LogP contribution in [-0.2, 0) is 0 Å². The van der Waals surface area contributed by atoms with Crippen LogP contribution in [0.3, 0.4) is 0 Å². The molecule has 0 radical (unpaired) electrons. The summed E-state index contributed by atoms with van der Waals surface area (Å²) in [5.41, 5.74) is 1.74. The van der Waals surface area contributed by atoms with Gasteiger partial charge in [0.25, 0.3) is 5.91 Å². The Kier molecular flexibility index (Phi) is 4.18. The van der Waals surface area contributed by atoms with Gasteiger partial charge in [-0.15, -0.1) is 11.3 Å². The van der Waals surface area contributed by atoms with Crippen LogP contribution in [0.15, 0.2) is 4.47 Å².